The first-order chi connectivity index (χ1) is 11.9. The molecule has 0 unspecified atom stereocenters. The average molecular weight is 429 g/mol. The molecule has 1 aliphatic rings. The normalized spacial score (nSPS) is 16.6. The number of nitrogens with zero attached hydrogens (tertiary/aromatic N) is 4. The van der Waals surface area contributed by atoms with Crippen LogP contribution in [0.15, 0.2) is 15.6 Å². The first-order valence-corrected chi connectivity index (χ1v) is 13.2. The van der Waals surface area contributed by atoms with Crippen molar-refractivity contribution in [1.82, 2.24) is 19.1 Å². The van der Waals surface area contributed by atoms with Crippen LogP contribution in [0.3, 0.4) is 0 Å². The minimum absolute atomic E-state index is 0.0931. The Balaban J connectivity index is 1.90. The molecule has 2 aromatic rings. The molecule has 9 heteroatoms. The minimum Gasteiger partial charge on any atom is -0.381 e. The first kappa shape index (κ1) is 18.7. The number of hydrogen-bond acceptors (Lipinski definition) is 5. The van der Waals surface area contributed by atoms with E-state index < -0.39 is 8.07 Å². The molecule has 0 N–H and O–H groups in total. The lowest BCUT2D eigenvalue weighted by Crippen LogP contribution is -2.31. The lowest BCUT2D eigenvalue weighted by Gasteiger charge is -2.22. The maximum atomic E-state index is 13.0. The number of ether oxygens (including phenoxy) is 2. The van der Waals surface area contributed by atoms with E-state index in [1.54, 1.807) is 15.3 Å². The van der Waals surface area contributed by atoms with E-state index >= 15 is 0 Å². The van der Waals surface area contributed by atoms with Crippen LogP contribution in [0, 0.1) is 0 Å². The van der Waals surface area contributed by atoms with E-state index in [1.165, 1.54) is 0 Å². The molecule has 2 aromatic heterocycles. The van der Waals surface area contributed by atoms with Crippen molar-refractivity contribution in [2.24, 2.45) is 0 Å². The van der Waals surface area contributed by atoms with Gasteiger partial charge in [-0.3, -0.25) is 9.13 Å². The van der Waals surface area contributed by atoms with Gasteiger partial charge in [-0.05, 0) is 34.8 Å². The highest BCUT2D eigenvalue weighted by Gasteiger charge is 2.24. The quantitative estimate of drug-likeness (QED) is 0.522. The molecule has 0 spiro atoms. The Kier molecular flexibility index (Phi) is 5.77. The molecular weight excluding hydrogens is 404 g/mol. The number of hydrogen-bond donors (Lipinski definition) is 0. The summed E-state index contributed by atoms with van der Waals surface area (Å²) in [4.78, 5) is 21.9. The van der Waals surface area contributed by atoms with E-state index in [9.17, 15) is 4.79 Å². The van der Waals surface area contributed by atoms with E-state index in [0.29, 0.717) is 35.7 Å². The molecule has 0 aliphatic carbocycles. The van der Waals surface area contributed by atoms with Gasteiger partial charge in [0.05, 0.1) is 6.20 Å². The van der Waals surface area contributed by atoms with Gasteiger partial charge in [-0.2, -0.15) is 0 Å². The van der Waals surface area contributed by atoms with Crippen LogP contribution >= 0.6 is 15.9 Å². The summed E-state index contributed by atoms with van der Waals surface area (Å²) >= 11 is 3.36. The van der Waals surface area contributed by atoms with Gasteiger partial charge in [0.1, 0.15) is 11.3 Å². The van der Waals surface area contributed by atoms with Crippen LogP contribution in [-0.2, 0) is 16.2 Å². The fourth-order valence-electron chi connectivity index (χ4n) is 2.94. The van der Waals surface area contributed by atoms with Crippen molar-refractivity contribution < 1.29 is 9.47 Å². The summed E-state index contributed by atoms with van der Waals surface area (Å²) in [6.07, 6.45) is 3.24. The Hall–Kier alpha value is -1.03. The molecule has 25 heavy (non-hydrogen) atoms. The molecule has 1 aliphatic heterocycles. The summed E-state index contributed by atoms with van der Waals surface area (Å²) in [5.74, 6) is 0. The average Bonchev–Trinajstić information content (AvgIpc) is 2.82. The predicted molar refractivity (Wildman–Crippen MR) is 103 cm³/mol. The van der Waals surface area contributed by atoms with Crippen molar-refractivity contribution in [2.45, 2.75) is 51.3 Å². The Morgan fingerprint density at radius 2 is 2.04 bits per heavy atom. The van der Waals surface area contributed by atoms with Crippen LogP contribution < -0.4 is 5.69 Å². The molecule has 0 aromatic carbocycles. The number of halogens is 1. The van der Waals surface area contributed by atoms with Gasteiger partial charge in [0.15, 0.2) is 11.3 Å². The maximum Gasteiger partial charge on any atom is 0.333 e. The van der Waals surface area contributed by atoms with Crippen molar-refractivity contribution in [2.75, 3.05) is 19.8 Å². The van der Waals surface area contributed by atoms with Crippen molar-refractivity contribution in [3.05, 3.63) is 21.3 Å². The van der Waals surface area contributed by atoms with Gasteiger partial charge in [0.25, 0.3) is 0 Å². The Morgan fingerprint density at radius 1 is 1.32 bits per heavy atom. The fourth-order valence-corrected chi connectivity index (χ4v) is 3.97. The molecule has 138 valence electrons. The largest absolute Gasteiger partial charge is 0.381 e. The van der Waals surface area contributed by atoms with Gasteiger partial charge in [-0.1, -0.05) is 19.6 Å². The summed E-state index contributed by atoms with van der Waals surface area (Å²) in [5, 5.41) is 0. The van der Waals surface area contributed by atoms with Crippen molar-refractivity contribution in [3.63, 3.8) is 0 Å². The van der Waals surface area contributed by atoms with Gasteiger partial charge >= 0.3 is 5.69 Å². The van der Waals surface area contributed by atoms with Crippen molar-refractivity contribution in [3.8, 4) is 0 Å². The molecule has 7 nitrogen and oxygen atoms in total. The third-order valence-corrected chi connectivity index (χ3v) is 6.49. The van der Waals surface area contributed by atoms with Gasteiger partial charge in [-0.15, -0.1) is 0 Å². The van der Waals surface area contributed by atoms with E-state index in [4.69, 9.17) is 9.47 Å². The Bertz CT molecular complexity index is 793. The van der Waals surface area contributed by atoms with Crippen molar-refractivity contribution >= 4 is 35.3 Å². The smallest absolute Gasteiger partial charge is 0.333 e. The van der Waals surface area contributed by atoms with E-state index in [-0.39, 0.29) is 18.5 Å². The molecule has 0 saturated carbocycles. The lowest BCUT2D eigenvalue weighted by atomic mass is 10.1. The van der Waals surface area contributed by atoms with Gasteiger partial charge < -0.3 is 9.47 Å². The highest BCUT2D eigenvalue weighted by molar-refractivity contribution is 9.10. The van der Waals surface area contributed by atoms with Crippen molar-refractivity contribution in [1.29, 1.82) is 0 Å². The van der Waals surface area contributed by atoms with Crippen LogP contribution in [0.2, 0.25) is 25.7 Å². The molecule has 3 heterocycles. The van der Waals surface area contributed by atoms with Gasteiger partial charge in [-0.25, -0.2) is 14.8 Å². The van der Waals surface area contributed by atoms with Crippen LogP contribution in [-0.4, -0.2) is 47.0 Å². The third kappa shape index (κ3) is 4.39. The summed E-state index contributed by atoms with van der Waals surface area (Å²) in [6.45, 7) is 9.13. The predicted octanol–water partition coefficient (Wildman–Crippen LogP) is 3.02. The van der Waals surface area contributed by atoms with Crippen LogP contribution in [0.4, 0.5) is 0 Å². The lowest BCUT2D eigenvalue weighted by molar-refractivity contribution is 0.0669. The molecule has 0 atom stereocenters. The summed E-state index contributed by atoms with van der Waals surface area (Å²) < 4.78 is 15.2. The summed E-state index contributed by atoms with van der Waals surface area (Å²) in [7, 11) is -1.16. The highest BCUT2D eigenvalue weighted by Crippen LogP contribution is 2.24. The minimum atomic E-state index is -1.16. The molecule has 0 bridgehead atoms. The highest BCUT2D eigenvalue weighted by atomic mass is 79.9. The second kappa shape index (κ2) is 7.69. The van der Waals surface area contributed by atoms with E-state index in [2.05, 4.69) is 45.5 Å². The molecule has 3 rings (SSSR count). The standard InChI is InChI=1S/C16H25BrN4O3Si/c1-25(2,3)9-8-24-11-20-14-15(19-13(17)10-18-14)21(16(20)22)12-4-6-23-7-5-12/h10,12H,4-9,11H2,1-3H3. The Morgan fingerprint density at radius 3 is 2.72 bits per heavy atom. The topological polar surface area (TPSA) is 71.2 Å². The SMILES string of the molecule is C[Si](C)(C)CCOCn1c(=O)n(C2CCOCC2)c2nc(Br)cnc21. The second-order valence-electron chi connectivity index (χ2n) is 7.61. The van der Waals surface area contributed by atoms with Crippen LogP contribution in [0.25, 0.3) is 11.3 Å². The van der Waals surface area contributed by atoms with E-state index in [1.807, 2.05) is 0 Å². The molecule has 1 saturated heterocycles. The molecule has 0 amide bonds. The van der Waals surface area contributed by atoms with E-state index in [0.717, 1.165) is 18.9 Å². The number of fused-ring (bicyclic) bond motifs is 1. The zero-order chi connectivity index (χ0) is 18.0. The number of imidazole rings is 1. The van der Waals surface area contributed by atoms with Crippen LogP contribution in [0.1, 0.15) is 18.9 Å². The second-order valence-corrected chi connectivity index (χ2v) is 14.0. The molecule has 0 radical (unpaired) electrons. The molecular formula is C16H25BrN4O3Si. The monoisotopic (exact) mass is 428 g/mol. The zero-order valence-electron chi connectivity index (χ0n) is 15.0. The first-order valence-electron chi connectivity index (χ1n) is 8.65. The third-order valence-electron chi connectivity index (χ3n) is 4.40. The van der Waals surface area contributed by atoms with Gasteiger partial charge in [0, 0.05) is 33.9 Å². The zero-order valence-corrected chi connectivity index (χ0v) is 17.6. The number of rotatable bonds is 6. The molecule has 1 fully saturated rings. The fraction of sp³-hybridized carbons (Fsp3) is 0.688. The van der Waals surface area contributed by atoms with Gasteiger partial charge in [0.2, 0.25) is 0 Å². The Labute approximate surface area is 156 Å². The van der Waals surface area contributed by atoms with Crippen LogP contribution in [0.5, 0.6) is 0 Å². The number of aromatic nitrogens is 4. The maximum absolute atomic E-state index is 13.0. The summed E-state index contributed by atoms with van der Waals surface area (Å²) in [5.41, 5.74) is 1.08. The summed E-state index contributed by atoms with van der Waals surface area (Å²) in [6, 6.07) is 1.16.